The Morgan fingerprint density at radius 3 is 1.94 bits per heavy atom. The lowest BCUT2D eigenvalue weighted by molar-refractivity contribution is 0.0772. The normalized spacial score (nSPS) is 9.90. The predicted octanol–water partition coefficient (Wildman–Crippen LogP) is 3.28. The molecule has 0 saturated carbocycles. The predicted molar refractivity (Wildman–Crippen MR) is 123 cm³/mol. The number of urea groups is 1. The highest BCUT2D eigenvalue weighted by Crippen LogP contribution is 2.25. The minimum absolute atomic E-state index is 0.123. The number of nitrogens with one attached hydrogen (secondary N) is 2. The van der Waals surface area contributed by atoms with E-state index in [2.05, 4.69) is 24.1 Å². The third kappa shape index (κ3) is 8.97. The molecule has 1 rings (SSSR count). The Hall–Kier alpha value is -2.59. The number of nitrogens with zero attached hydrogens (tertiary/aromatic N) is 4. The van der Waals surface area contributed by atoms with Gasteiger partial charge in [-0.2, -0.15) is 0 Å². The number of carbonyl (C=O) groups is 3. The molecule has 0 aliphatic rings. The van der Waals surface area contributed by atoms with Crippen LogP contribution >= 0.6 is 11.6 Å². The van der Waals surface area contributed by atoms with Gasteiger partial charge in [-0.3, -0.25) is 9.69 Å². The average molecular weight is 459 g/mol. The Bertz CT molecular complexity index is 713. The lowest BCUT2D eigenvalue weighted by Crippen LogP contribution is -2.52. The van der Waals surface area contributed by atoms with Crippen LogP contribution in [0.5, 0.6) is 0 Å². The van der Waals surface area contributed by atoms with E-state index in [0.717, 1.165) is 18.1 Å². The smallest absolute Gasteiger partial charge is 0.423 e. The molecule has 0 radical (unpaired) electrons. The summed E-state index contributed by atoms with van der Waals surface area (Å²) in [5, 5.41) is 13.0. The second-order valence-corrected chi connectivity index (χ2v) is 6.56. The molecule has 3 N–H and O–H groups in total. The van der Waals surface area contributed by atoms with Crippen molar-refractivity contribution in [3.63, 3.8) is 0 Å². The molecule has 0 spiro atoms. The first kappa shape index (κ1) is 28.4. The quantitative estimate of drug-likeness (QED) is 0.514. The van der Waals surface area contributed by atoms with Gasteiger partial charge in [-0.1, -0.05) is 25.4 Å². The van der Waals surface area contributed by atoms with Crippen molar-refractivity contribution in [2.45, 2.75) is 41.5 Å². The Balaban J connectivity index is 0.00000161. The summed E-state index contributed by atoms with van der Waals surface area (Å²) < 4.78 is 0. The summed E-state index contributed by atoms with van der Waals surface area (Å²) in [4.78, 5) is 42.8. The number of halogens is 1. The van der Waals surface area contributed by atoms with Gasteiger partial charge in [0.2, 0.25) is 0 Å². The van der Waals surface area contributed by atoms with E-state index in [1.54, 1.807) is 18.7 Å². The second-order valence-electron chi connectivity index (χ2n) is 6.15. The molecule has 0 atom stereocenters. The molecule has 31 heavy (non-hydrogen) atoms. The maximum Gasteiger partial charge on any atom is 0.423 e. The van der Waals surface area contributed by atoms with Crippen molar-refractivity contribution in [3.05, 3.63) is 22.8 Å². The number of pyridine rings is 1. The number of hydrazine groups is 1. The zero-order valence-electron chi connectivity index (χ0n) is 19.2. The van der Waals surface area contributed by atoms with Gasteiger partial charge in [0, 0.05) is 32.4 Å². The number of hydrogen-bond donors (Lipinski definition) is 3. The Morgan fingerprint density at radius 2 is 1.58 bits per heavy atom. The van der Waals surface area contributed by atoms with Gasteiger partial charge in [0.25, 0.3) is 5.91 Å². The summed E-state index contributed by atoms with van der Waals surface area (Å²) in [6.45, 7) is 14.9. The maximum atomic E-state index is 12.6. The monoisotopic (exact) mass is 458 g/mol. The molecule has 0 aliphatic heterocycles. The Labute approximate surface area is 189 Å². The van der Waals surface area contributed by atoms with Crippen molar-refractivity contribution in [1.82, 2.24) is 25.6 Å². The SMILES string of the molecule is CCN(CC)C(=O)c1cnc(N(CC)C(=O)N(CC)NC(=O)O)c(Cl)c1.CCNCC. The Kier molecular flexibility index (Phi) is 14.0. The molecular formula is C20H35ClN6O4. The van der Waals surface area contributed by atoms with Gasteiger partial charge in [0.15, 0.2) is 5.82 Å². The zero-order valence-corrected chi connectivity index (χ0v) is 20.0. The second kappa shape index (κ2) is 15.2. The first-order valence-electron chi connectivity index (χ1n) is 10.5. The highest BCUT2D eigenvalue weighted by atomic mass is 35.5. The summed E-state index contributed by atoms with van der Waals surface area (Å²) in [6, 6.07) is 0.844. The van der Waals surface area contributed by atoms with Crippen molar-refractivity contribution >= 4 is 35.5 Å². The van der Waals surface area contributed by atoms with Crippen LogP contribution in [0.3, 0.4) is 0 Å². The molecule has 0 aromatic carbocycles. The lowest BCUT2D eigenvalue weighted by Gasteiger charge is -2.28. The van der Waals surface area contributed by atoms with Crippen LogP contribution in [0.15, 0.2) is 12.3 Å². The third-order valence-electron chi connectivity index (χ3n) is 4.20. The molecule has 0 bridgehead atoms. The van der Waals surface area contributed by atoms with Crippen molar-refractivity contribution in [2.24, 2.45) is 0 Å². The van der Waals surface area contributed by atoms with E-state index in [1.165, 1.54) is 17.2 Å². The highest BCUT2D eigenvalue weighted by molar-refractivity contribution is 6.33. The summed E-state index contributed by atoms with van der Waals surface area (Å²) in [7, 11) is 0. The van der Waals surface area contributed by atoms with E-state index >= 15 is 0 Å². The van der Waals surface area contributed by atoms with Crippen molar-refractivity contribution < 1.29 is 19.5 Å². The molecule has 0 fully saturated rings. The number of hydrogen-bond acceptors (Lipinski definition) is 5. The minimum Gasteiger partial charge on any atom is -0.464 e. The van der Waals surface area contributed by atoms with E-state index in [-0.39, 0.29) is 29.8 Å². The molecule has 11 heteroatoms. The molecule has 0 unspecified atom stereocenters. The van der Waals surface area contributed by atoms with E-state index < -0.39 is 12.1 Å². The largest absolute Gasteiger partial charge is 0.464 e. The first-order valence-corrected chi connectivity index (χ1v) is 10.8. The number of carboxylic acid groups (broad SMARTS) is 1. The molecule has 1 aromatic rings. The van der Waals surface area contributed by atoms with Crippen molar-refractivity contribution in [1.29, 1.82) is 0 Å². The van der Waals surface area contributed by atoms with E-state index in [9.17, 15) is 14.4 Å². The fourth-order valence-corrected chi connectivity index (χ4v) is 2.86. The van der Waals surface area contributed by atoms with Crippen LogP contribution in [0.2, 0.25) is 5.02 Å². The maximum absolute atomic E-state index is 12.6. The summed E-state index contributed by atoms with van der Waals surface area (Å²) in [5.74, 6) is -0.0473. The molecule has 176 valence electrons. The van der Waals surface area contributed by atoms with Gasteiger partial charge in [-0.05, 0) is 46.9 Å². The molecule has 1 heterocycles. The van der Waals surface area contributed by atoms with E-state index in [1.807, 2.05) is 19.3 Å². The van der Waals surface area contributed by atoms with Gasteiger partial charge in [0.1, 0.15) is 0 Å². The van der Waals surface area contributed by atoms with Gasteiger partial charge in [-0.25, -0.2) is 25.0 Å². The fraction of sp³-hybridized carbons (Fsp3) is 0.600. The number of amides is 4. The van der Waals surface area contributed by atoms with E-state index in [4.69, 9.17) is 16.7 Å². The van der Waals surface area contributed by atoms with Gasteiger partial charge < -0.3 is 15.3 Å². The van der Waals surface area contributed by atoms with Crippen molar-refractivity contribution in [2.75, 3.05) is 44.2 Å². The topological polar surface area (TPSA) is 118 Å². The molecule has 10 nitrogen and oxygen atoms in total. The zero-order chi connectivity index (χ0) is 24.0. The van der Waals surface area contributed by atoms with Crippen molar-refractivity contribution in [3.8, 4) is 0 Å². The van der Waals surface area contributed by atoms with Gasteiger partial charge >= 0.3 is 12.1 Å². The first-order chi connectivity index (χ1) is 14.7. The molecule has 0 saturated heterocycles. The summed E-state index contributed by atoms with van der Waals surface area (Å²) in [5.41, 5.74) is 2.34. The minimum atomic E-state index is -1.35. The van der Waals surface area contributed by atoms with Crippen LogP contribution in [0, 0.1) is 0 Å². The number of carbonyl (C=O) groups excluding carboxylic acids is 2. The standard InChI is InChI=1S/C16H24ClN5O4.C4H11N/c1-5-20(6-2)14(23)11-9-12(17)13(18-10-11)21(7-3)16(26)22(8-4)19-15(24)25;1-3-5-4-2/h9-10,19H,5-8H2,1-4H3,(H,24,25);5H,3-4H2,1-2H3. The molecular weight excluding hydrogens is 424 g/mol. The lowest BCUT2D eigenvalue weighted by atomic mass is 10.2. The number of aromatic nitrogens is 1. The molecule has 1 aromatic heterocycles. The average Bonchev–Trinajstić information content (AvgIpc) is 2.75. The van der Waals surface area contributed by atoms with E-state index in [0.29, 0.717) is 18.7 Å². The molecule has 0 aliphatic carbocycles. The summed E-state index contributed by atoms with van der Waals surface area (Å²) in [6.07, 6.45) is 0.00843. The van der Waals surface area contributed by atoms with Crippen LogP contribution in [-0.2, 0) is 0 Å². The Morgan fingerprint density at radius 1 is 1.00 bits per heavy atom. The van der Waals surface area contributed by atoms with Gasteiger partial charge in [0.05, 0.1) is 10.6 Å². The van der Waals surface area contributed by atoms with Gasteiger partial charge in [-0.15, -0.1) is 0 Å². The number of anilines is 1. The van der Waals surface area contributed by atoms with Crippen LogP contribution in [0.25, 0.3) is 0 Å². The van der Waals surface area contributed by atoms with Crippen LogP contribution in [0.1, 0.15) is 51.9 Å². The third-order valence-corrected chi connectivity index (χ3v) is 4.48. The van der Waals surface area contributed by atoms with Crippen LogP contribution in [-0.4, -0.2) is 77.3 Å². The summed E-state index contributed by atoms with van der Waals surface area (Å²) >= 11 is 6.25. The highest BCUT2D eigenvalue weighted by Gasteiger charge is 2.25. The number of rotatable bonds is 8. The van der Waals surface area contributed by atoms with Crippen LogP contribution in [0.4, 0.5) is 15.4 Å². The molecule has 4 amide bonds. The fourth-order valence-electron chi connectivity index (χ4n) is 2.59. The van der Waals surface area contributed by atoms with Crippen LogP contribution < -0.4 is 15.6 Å².